The molecule has 2 aliphatic rings. The van der Waals surface area contributed by atoms with Crippen LogP contribution in [0.5, 0.6) is 0 Å². The number of aliphatic hydroxyl groups is 1. The largest absolute Gasteiger partial charge is 0.445 e. The standard InChI is InChI=1S/C40H44N10O6/c1-5-18-49-38(54)30-25-41-39(44-37(30)50(49)32-9-7-8-31(43-32)40(3,4)55)42-27-10-12-28(13-11-27)45-19-21-46(22-20-45)34(52)16-14-29-15-17-36(56-29)48-24-23-47(26-35(48)53)33(51)6-2/h5-13,15,17,25,55H,1-2,14,16,18-24,26H2,3-4H3,(H,41,42,44). The number of benzene rings is 1. The van der Waals surface area contributed by atoms with Gasteiger partial charge in [0.05, 0.1) is 12.2 Å². The maximum absolute atomic E-state index is 13.4. The van der Waals surface area contributed by atoms with Crippen LogP contribution < -0.4 is 20.7 Å². The van der Waals surface area contributed by atoms with Gasteiger partial charge in [0, 0.05) is 75.7 Å². The lowest BCUT2D eigenvalue weighted by atomic mass is 10.1. The number of amides is 3. The highest BCUT2D eigenvalue weighted by Gasteiger charge is 2.29. The van der Waals surface area contributed by atoms with Crippen LogP contribution in [0.1, 0.15) is 31.7 Å². The summed E-state index contributed by atoms with van der Waals surface area (Å²) in [5.74, 6) is 1.29. The Balaban J connectivity index is 0.945. The Labute approximate surface area is 322 Å². The molecule has 1 aromatic carbocycles. The lowest BCUT2D eigenvalue weighted by molar-refractivity contribution is -0.133. The second-order valence-corrected chi connectivity index (χ2v) is 14.1. The molecule has 0 atom stereocenters. The predicted octanol–water partition coefficient (Wildman–Crippen LogP) is 3.37. The number of carbonyl (C=O) groups excluding carboxylic acids is 3. The van der Waals surface area contributed by atoms with Gasteiger partial charge in [-0.3, -0.25) is 24.1 Å². The summed E-state index contributed by atoms with van der Waals surface area (Å²) in [6.45, 7) is 14.0. The minimum atomic E-state index is -1.19. The molecule has 5 aromatic rings. The van der Waals surface area contributed by atoms with Crippen LogP contribution in [0.3, 0.4) is 0 Å². The van der Waals surface area contributed by atoms with Crippen molar-refractivity contribution in [1.29, 1.82) is 0 Å². The molecule has 2 N–H and O–H groups in total. The first kappa shape index (κ1) is 37.8. The van der Waals surface area contributed by atoms with Crippen molar-refractivity contribution in [3.05, 3.63) is 108 Å². The molecule has 2 saturated heterocycles. The second kappa shape index (κ2) is 15.7. The molecule has 0 bridgehead atoms. The van der Waals surface area contributed by atoms with E-state index in [-0.39, 0.29) is 42.8 Å². The number of anilines is 4. The number of furan rings is 1. The maximum Gasteiger partial charge on any atom is 0.278 e. The summed E-state index contributed by atoms with van der Waals surface area (Å²) in [6.07, 6.45) is 5.01. The van der Waals surface area contributed by atoms with Crippen LogP contribution in [-0.4, -0.2) is 103 Å². The highest BCUT2D eigenvalue weighted by Crippen LogP contribution is 2.25. The summed E-state index contributed by atoms with van der Waals surface area (Å²) in [6, 6.07) is 16.6. The number of nitrogens with one attached hydrogen (secondary N) is 1. The van der Waals surface area contributed by atoms with Crippen molar-refractivity contribution in [3.8, 4) is 5.82 Å². The number of rotatable bonds is 12. The summed E-state index contributed by atoms with van der Waals surface area (Å²) < 4.78 is 9.01. The Morgan fingerprint density at radius 2 is 1.70 bits per heavy atom. The van der Waals surface area contributed by atoms with E-state index in [1.807, 2.05) is 29.2 Å². The summed E-state index contributed by atoms with van der Waals surface area (Å²) >= 11 is 0. The predicted molar refractivity (Wildman–Crippen MR) is 211 cm³/mol. The molecule has 290 valence electrons. The molecule has 16 nitrogen and oxygen atoms in total. The van der Waals surface area contributed by atoms with Gasteiger partial charge in [-0.15, -0.1) is 6.58 Å². The number of carbonyl (C=O) groups is 3. The van der Waals surface area contributed by atoms with E-state index in [2.05, 4.69) is 33.3 Å². The molecular weight excluding hydrogens is 717 g/mol. The van der Waals surface area contributed by atoms with Crippen LogP contribution >= 0.6 is 0 Å². The first-order valence-corrected chi connectivity index (χ1v) is 18.4. The van der Waals surface area contributed by atoms with Crippen LogP contribution in [0.4, 0.5) is 23.2 Å². The number of hydrogen-bond acceptors (Lipinski definition) is 11. The fourth-order valence-corrected chi connectivity index (χ4v) is 6.85. The highest BCUT2D eigenvalue weighted by atomic mass is 16.4. The molecule has 6 heterocycles. The van der Waals surface area contributed by atoms with Crippen molar-refractivity contribution in [1.82, 2.24) is 34.1 Å². The van der Waals surface area contributed by atoms with Gasteiger partial charge in [0.15, 0.2) is 11.5 Å². The van der Waals surface area contributed by atoms with Crippen LogP contribution in [0.15, 0.2) is 95.3 Å². The van der Waals surface area contributed by atoms with Gasteiger partial charge in [-0.1, -0.05) is 18.7 Å². The smallest absolute Gasteiger partial charge is 0.278 e. The zero-order valence-electron chi connectivity index (χ0n) is 31.4. The van der Waals surface area contributed by atoms with Gasteiger partial charge >= 0.3 is 0 Å². The molecule has 2 fully saturated rings. The summed E-state index contributed by atoms with van der Waals surface area (Å²) in [4.78, 5) is 71.8. The molecule has 4 aromatic heterocycles. The summed E-state index contributed by atoms with van der Waals surface area (Å²) in [5, 5.41) is 14.1. The molecule has 2 aliphatic heterocycles. The fraction of sp³-hybridized carbons (Fsp3) is 0.325. The Morgan fingerprint density at radius 1 is 0.946 bits per heavy atom. The van der Waals surface area contributed by atoms with Crippen molar-refractivity contribution in [2.45, 2.75) is 38.8 Å². The SMILES string of the molecule is C=CCn1c(=O)c2cnc(Nc3ccc(N4CCN(C(=O)CCc5ccc(N6CCN(C(=O)C=C)CC6=O)o5)CC4)cc3)nc2n1-c1cccc(C(C)(C)O)n1. The van der Waals surface area contributed by atoms with E-state index in [1.165, 1.54) is 26.8 Å². The average molecular weight is 761 g/mol. The van der Waals surface area contributed by atoms with Crippen LogP contribution in [0.25, 0.3) is 16.9 Å². The molecule has 0 saturated carbocycles. The Bertz CT molecular complexity index is 2350. The highest BCUT2D eigenvalue weighted by molar-refractivity contribution is 5.98. The Hall–Kier alpha value is -6.55. The van der Waals surface area contributed by atoms with E-state index >= 15 is 0 Å². The molecule has 56 heavy (non-hydrogen) atoms. The lowest BCUT2D eigenvalue weighted by Gasteiger charge is -2.36. The van der Waals surface area contributed by atoms with Gasteiger partial charge < -0.3 is 29.5 Å². The molecular formula is C40H44N10O6. The third-order valence-corrected chi connectivity index (χ3v) is 9.88. The van der Waals surface area contributed by atoms with Gasteiger partial charge in [0.1, 0.15) is 23.3 Å². The molecule has 3 amide bonds. The van der Waals surface area contributed by atoms with Gasteiger partial charge in [0.25, 0.3) is 5.56 Å². The first-order valence-electron chi connectivity index (χ1n) is 18.4. The minimum absolute atomic E-state index is 0.0311. The van der Waals surface area contributed by atoms with Gasteiger partial charge in [-0.2, -0.15) is 4.98 Å². The zero-order valence-corrected chi connectivity index (χ0v) is 31.4. The number of allylic oxidation sites excluding steroid dienone is 1. The van der Waals surface area contributed by atoms with Crippen LogP contribution in [0.2, 0.25) is 0 Å². The zero-order chi connectivity index (χ0) is 39.6. The number of piperazine rings is 2. The quantitative estimate of drug-likeness (QED) is 0.141. The van der Waals surface area contributed by atoms with E-state index < -0.39 is 5.60 Å². The first-order chi connectivity index (χ1) is 26.9. The lowest BCUT2D eigenvalue weighted by Crippen LogP contribution is -2.52. The second-order valence-electron chi connectivity index (χ2n) is 14.1. The number of aromatic nitrogens is 5. The van der Waals surface area contributed by atoms with E-state index in [9.17, 15) is 24.3 Å². The van der Waals surface area contributed by atoms with Crippen LogP contribution in [-0.2, 0) is 33.0 Å². The van der Waals surface area contributed by atoms with Crippen molar-refractivity contribution >= 4 is 52.0 Å². The average Bonchev–Trinajstić information content (AvgIpc) is 3.78. The number of nitrogens with zero attached hydrogens (tertiary/aromatic N) is 9. The third kappa shape index (κ3) is 7.82. The van der Waals surface area contributed by atoms with E-state index in [4.69, 9.17) is 9.40 Å². The van der Waals surface area contributed by atoms with E-state index in [1.54, 1.807) is 54.9 Å². The van der Waals surface area contributed by atoms with Crippen molar-refractivity contribution < 1.29 is 23.9 Å². The molecule has 0 unspecified atom stereocenters. The Kier molecular flexibility index (Phi) is 10.6. The molecule has 0 spiro atoms. The monoisotopic (exact) mass is 760 g/mol. The molecule has 16 heteroatoms. The van der Waals surface area contributed by atoms with Gasteiger partial charge in [0.2, 0.25) is 29.6 Å². The van der Waals surface area contributed by atoms with E-state index in [0.717, 1.165) is 11.4 Å². The molecule has 0 radical (unpaired) electrons. The number of fused-ring (bicyclic) bond motifs is 1. The summed E-state index contributed by atoms with van der Waals surface area (Å²) in [5.41, 5.74) is 1.09. The van der Waals surface area contributed by atoms with Crippen molar-refractivity contribution in [3.63, 3.8) is 0 Å². The van der Waals surface area contributed by atoms with Crippen molar-refractivity contribution in [2.75, 3.05) is 60.9 Å². The van der Waals surface area contributed by atoms with E-state index in [0.29, 0.717) is 85.8 Å². The maximum atomic E-state index is 13.4. The van der Waals surface area contributed by atoms with Gasteiger partial charge in [-0.25, -0.2) is 19.3 Å². The summed E-state index contributed by atoms with van der Waals surface area (Å²) in [7, 11) is 0. The number of hydrogen-bond donors (Lipinski definition) is 2. The number of aryl methyl sites for hydroxylation is 1. The van der Waals surface area contributed by atoms with Gasteiger partial charge in [-0.05, 0) is 62.4 Å². The molecule has 0 aliphatic carbocycles. The molecule has 7 rings (SSSR count). The number of pyridine rings is 1. The third-order valence-electron chi connectivity index (χ3n) is 9.88. The normalized spacial score (nSPS) is 15.0. The minimum Gasteiger partial charge on any atom is -0.445 e. The fourth-order valence-electron chi connectivity index (χ4n) is 6.85. The Morgan fingerprint density at radius 3 is 2.39 bits per heavy atom. The topological polar surface area (TPSA) is 175 Å². The van der Waals surface area contributed by atoms with Crippen LogP contribution in [0, 0.1) is 0 Å². The van der Waals surface area contributed by atoms with Crippen molar-refractivity contribution in [2.24, 2.45) is 0 Å².